The Hall–Kier alpha value is -2.20. The van der Waals surface area contributed by atoms with Crippen LogP contribution in [0.2, 0.25) is 0 Å². The van der Waals surface area contributed by atoms with Crippen molar-refractivity contribution in [3.8, 4) is 0 Å². The third-order valence-corrected chi connectivity index (χ3v) is 4.87. The standard InChI is InChI=1S/C21H27N3O/c1-2-8-20(18-9-4-3-5-10-18)21(25)24-15-13-23(14-16-24)17-19-11-6-7-12-22-19/h3-7,9-12,20H,2,8,13-17H2,1H3. The molecule has 0 radical (unpaired) electrons. The van der Waals surface area contributed by atoms with Crippen molar-refractivity contribution in [1.82, 2.24) is 14.8 Å². The summed E-state index contributed by atoms with van der Waals surface area (Å²) in [7, 11) is 0. The van der Waals surface area contributed by atoms with Crippen LogP contribution in [0, 0.1) is 0 Å². The molecule has 1 aromatic carbocycles. The molecule has 1 amide bonds. The van der Waals surface area contributed by atoms with E-state index >= 15 is 0 Å². The zero-order valence-electron chi connectivity index (χ0n) is 15.0. The van der Waals surface area contributed by atoms with Gasteiger partial charge in [-0.05, 0) is 24.1 Å². The Labute approximate surface area is 150 Å². The molecule has 0 aliphatic carbocycles. The number of aromatic nitrogens is 1. The minimum atomic E-state index is -0.00598. The largest absolute Gasteiger partial charge is 0.340 e. The van der Waals surface area contributed by atoms with Crippen molar-refractivity contribution in [3.05, 3.63) is 66.0 Å². The van der Waals surface area contributed by atoms with Crippen molar-refractivity contribution >= 4 is 5.91 Å². The van der Waals surface area contributed by atoms with Crippen LogP contribution < -0.4 is 0 Å². The Kier molecular flexibility index (Phi) is 6.18. The van der Waals surface area contributed by atoms with E-state index < -0.39 is 0 Å². The lowest BCUT2D eigenvalue weighted by Crippen LogP contribution is -2.49. The molecule has 2 aromatic rings. The fourth-order valence-electron chi connectivity index (χ4n) is 3.47. The summed E-state index contributed by atoms with van der Waals surface area (Å²) in [4.78, 5) is 21.9. The summed E-state index contributed by atoms with van der Waals surface area (Å²) in [5, 5.41) is 0. The van der Waals surface area contributed by atoms with Gasteiger partial charge in [-0.15, -0.1) is 0 Å². The van der Waals surface area contributed by atoms with E-state index in [1.54, 1.807) is 0 Å². The number of carbonyl (C=O) groups excluding carboxylic acids is 1. The molecular formula is C21H27N3O. The first-order valence-electron chi connectivity index (χ1n) is 9.24. The number of piperazine rings is 1. The van der Waals surface area contributed by atoms with Crippen LogP contribution in [0.3, 0.4) is 0 Å². The van der Waals surface area contributed by atoms with Crippen LogP contribution >= 0.6 is 0 Å². The summed E-state index contributed by atoms with van der Waals surface area (Å²) in [6.45, 7) is 6.44. The molecule has 0 saturated carbocycles. The Balaban J connectivity index is 1.58. The Morgan fingerprint density at radius 2 is 1.76 bits per heavy atom. The van der Waals surface area contributed by atoms with E-state index in [2.05, 4.69) is 35.0 Å². The summed E-state index contributed by atoms with van der Waals surface area (Å²) in [6.07, 6.45) is 3.77. The molecule has 1 fully saturated rings. The van der Waals surface area contributed by atoms with Crippen molar-refractivity contribution in [2.75, 3.05) is 26.2 Å². The van der Waals surface area contributed by atoms with Gasteiger partial charge < -0.3 is 4.90 Å². The van der Waals surface area contributed by atoms with Crippen molar-refractivity contribution in [1.29, 1.82) is 0 Å². The molecule has 1 aliphatic rings. The van der Waals surface area contributed by atoms with Gasteiger partial charge in [0, 0.05) is 38.9 Å². The Morgan fingerprint density at radius 1 is 1.04 bits per heavy atom. The number of hydrogen-bond acceptors (Lipinski definition) is 3. The first-order chi connectivity index (χ1) is 12.3. The third-order valence-electron chi connectivity index (χ3n) is 4.87. The van der Waals surface area contributed by atoms with Gasteiger partial charge in [0.25, 0.3) is 0 Å². The molecule has 0 N–H and O–H groups in total. The number of amides is 1. The zero-order chi connectivity index (χ0) is 17.5. The quantitative estimate of drug-likeness (QED) is 0.811. The predicted molar refractivity (Wildman–Crippen MR) is 100 cm³/mol. The van der Waals surface area contributed by atoms with E-state index in [-0.39, 0.29) is 11.8 Å². The number of pyridine rings is 1. The lowest BCUT2D eigenvalue weighted by atomic mass is 9.93. The van der Waals surface area contributed by atoms with Gasteiger partial charge in [-0.1, -0.05) is 49.7 Å². The summed E-state index contributed by atoms with van der Waals surface area (Å²) >= 11 is 0. The highest BCUT2D eigenvalue weighted by Gasteiger charge is 2.28. The fraction of sp³-hybridized carbons (Fsp3) is 0.429. The third kappa shape index (κ3) is 4.67. The van der Waals surface area contributed by atoms with E-state index in [0.717, 1.165) is 56.8 Å². The maximum atomic E-state index is 13.0. The fourth-order valence-corrected chi connectivity index (χ4v) is 3.47. The molecular weight excluding hydrogens is 310 g/mol. The molecule has 1 saturated heterocycles. The van der Waals surface area contributed by atoms with E-state index in [9.17, 15) is 4.79 Å². The Bertz CT molecular complexity index is 651. The van der Waals surface area contributed by atoms with Crippen LogP contribution in [-0.2, 0) is 11.3 Å². The maximum Gasteiger partial charge on any atom is 0.230 e. The maximum absolute atomic E-state index is 13.0. The molecule has 4 heteroatoms. The first-order valence-corrected chi connectivity index (χ1v) is 9.24. The van der Waals surface area contributed by atoms with Gasteiger partial charge in [0.1, 0.15) is 0 Å². The van der Waals surface area contributed by atoms with Crippen LogP contribution in [0.1, 0.15) is 36.9 Å². The molecule has 0 bridgehead atoms. The van der Waals surface area contributed by atoms with Crippen molar-refractivity contribution in [2.24, 2.45) is 0 Å². The van der Waals surface area contributed by atoms with Gasteiger partial charge in [0.2, 0.25) is 5.91 Å². The molecule has 25 heavy (non-hydrogen) atoms. The minimum Gasteiger partial charge on any atom is -0.340 e. The highest BCUT2D eigenvalue weighted by atomic mass is 16.2. The van der Waals surface area contributed by atoms with Crippen LogP contribution in [0.5, 0.6) is 0 Å². The molecule has 1 atom stereocenters. The second kappa shape index (κ2) is 8.77. The van der Waals surface area contributed by atoms with Crippen molar-refractivity contribution in [3.63, 3.8) is 0 Å². The molecule has 4 nitrogen and oxygen atoms in total. The van der Waals surface area contributed by atoms with E-state index in [0.29, 0.717) is 0 Å². The molecule has 3 rings (SSSR count). The van der Waals surface area contributed by atoms with Crippen molar-refractivity contribution < 1.29 is 4.79 Å². The average Bonchev–Trinajstić information content (AvgIpc) is 2.68. The normalized spacial score (nSPS) is 16.6. The summed E-state index contributed by atoms with van der Waals surface area (Å²) < 4.78 is 0. The van der Waals surface area contributed by atoms with E-state index in [4.69, 9.17) is 0 Å². The topological polar surface area (TPSA) is 36.4 Å². The number of rotatable bonds is 6. The number of hydrogen-bond donors (Lipinski definition) is 0. The van der Waals surface area contributed by atoms with Gasteiger partial charge in [-0.2, -0.15) is 0 Å². The average molecular weight is 337 g/mol. The van der Waals surface area contributed by atoms with Gasteiger partial charge in [-0.25, -0.2) is 0 Å². The first kappa shape index (κ1) is 17.6. The molecule has 2 heterocycles. The number of nitrogens with zero attached hydrogens (tertiary/aromatic N) is 3. The number of benzene rings is 1. The lowest BCUT2D eigenvalue weighted by molar-refractivity contribution is -0.134. The highest BCUT2D eigenvalue weighted by Crippen LogP contribution is 2.24. The molecule has 1 aromatic heterocycles. The van der Waals surface area contributed by atoms with Gasteiger partial charge in [-0.3, -0.25) is 14.7 Å². The lowest BCUT2D eigenvalue weighted by Gasteiger charge is -2.36. The second-order valence-electron chi connectivity index (χ2n) is 6.67. The van der Waals surface area contributed by atoms with Gasteiger partial charge >= 0.3 is 0 Å². The van der Waals surface area contributed by atoms with Crippen LogP contribution in [-0.4, -0.2) is 46.9 Å². The Morgan fingerprint density at radius 3 is 2.40 bits per heavy atom. The smallest absolute Gasteiger partial charge is 0.230 e. The summed E-state index contributed by atoms with van der Waals surface area (Å²) in [6, 6.07) is 16.2. The number of carbonyl (C=O) groups is 1. The monoisotopic (exact) mass is 337 g/mol. The van der Waals surface area contributed by atoms with Crippen molar-refractivity contribution in [2.45, 2.75) is 32.2 Å². The minimum absolute atomic E-state index is 0.00598. The van der Waals surface area contributed by atoms with Crippen LogP contribution in [0.25, 0.3) is 0 Å². The van der Waals surface area contributed by atoms with Crippen LogP contribution in [0.4, 0.5) is 0 Å². The summed E-state index contributed by atoms with van der Waals surface area (Å²) in [5.41, 5.74) is 2.24. The van der Waals surface area contributed by atoms with E-state index in [1.807, 2.05) is 41.4 Å². The van der Waals surface area contributed by atoms with Crippen LogP contribution in [0.15, 0.2) is 54.7 Å². The second-order valence-corrected chi connectivity index (χ2v) is 6.67. The molecule has 1 unspecified atom stereocenters. The van der Waals surface area contributed by atoms with Gasteiger partial charge in [0.15, 0.2) is 0 Å². The molecule has 132 valence electrons. The predicted octanol–water partition coefficient (Wildman–Crippen LogP) is 3.31. The van der Waals surface area contributed by atoms with Gasteiger partial charge in [0.05, 0.1) is 11.6 Å². The summed E-state index contributed by atoms with van der Waals surface area (Å²) in [5.74, 6) is 0.277. The van der Waals surface area contributed by atoms with E-state index in [1.165, 1.54) is 0 Å². The highest BCUT2D eigenvalue weighted by molar-refractivity contribution is 5.83. The zero-order valence-corrected chi connectivity index (χ0v) is 15.0. The SMILES string of the molecule is CCCC(C(=O)N1CCN(Cc2ccccn2)CC1)c1ccccc1. The molecule has 1 aliphatic heterocycles. The molecule has 0 spiro atoms.